The first kappa shape index (κ1) is 32.2. The highest BCUT2D eigenvalue weighted by Crippen LogP contribution is 2.44. The lowest BCUT2D eigenvalue weighted by molar-refractivity contribution is 1.06. The van der Waals surface area contributed by atoms with Crippen LogP contribution in [0.2, 0.25) is 0 Å². The molecule has 0 N–H and O–H groups in total. The van der Waals surface area contributed by atoms with E-state index in [1.165, 1.54) is 42.1 Å². The first-order chi connectivity index (χ1) is 27.8. The normalized spacial score (nSPS) is 11.6. The molecule has 3 heterocycles. The summed E-state index contributed by atoms with van der Waals surface area (Å²) in [4.78, 5) is 15.5. The molecule has 0 saturated heterocycles. The number of thiophene rings is 1. The SMILES string of the molecule is c1ccc(-c2cccc(-c3nc(-c4ccccc4)nc(-c4ccccc4-n4c5ccccc5c5cc6c(cc54)sc4c(-c5ccccc5)cccc46)n3)c2)cc1. The summed E-state index contributed by atoms with van der Waals surface area (Å²) in [6.45, 7) is 0. The molecule has 3 aromatic heterocycles. The minimum atomic E-state index is 0.621. The monoisotopic (exact) mass is 732 g/mol. The highest BCUT2D eigenvalue weighted by atomic mass is 32.1. The summed E-state index contributed by atoms with van der Waals surface area (Å²) in [5.41, 5.74) is 10.8. The van der Waals surface area contributed by atoms with E-state index in [9.17, 15) is 0 Å². The van der Waals surface area contributed by atoms with E-state index in [0.717, 1.165) is 44.5 Å². The Balaban J connectivity index is 1.14. The Morgan fingerprint density at radius 2 is 0.911 bits per heavy atom. The third kappa shape index (κ3) is 5.40. The molecule has 4 nitrogen and oxygen atoms in total. The second kappa shape index (κ2) is 13.3. The molecule has 0 aliphatic rings. The van der Waals surface area contributed by atoms with Crippen molar-refractivity contribution in [2.24, 2.45) is 0 Å². The maximum Gasteiger partial charge on any atom is 0.166 e. The van der Waals surface area contributed by atoms with E-state index in [-0.39, 0.29) is 0 Å². The fraction of sp³-hybridized carbons (Fsp3) is 0. The van der Waals surface area contributed by atoms with Crippen LogP contribution in [0, 0.1) is 0 Å². The van der Waals surface area contributed by atoms with Gasteiger partial charge in [-0.3, -0.25) is 0 Å². The van der Waals surface area contributed by atoms with Gasteiger partial charge >= 0.3 is 0 Å². The minimum Gasteiger partial charge on any atom is -0.308 e. The number of fused-ring (bicyclic) bond motifs is 6. The third-order valence-corrected chi connectivity index (χ3v) is 11.9. The van der Waals surface area contributed by atoms with Gasteiger partial charge in [-0.2, -0.15) is 0 Å². The molecule has 0 saturated carbocycles. The first-order valence-electron chi connectivity index (χ1n) is 18.8. The number of nitrogens with zero attached hydrogens (tertiary/aromatic N) is 4. The van der Waals surface area contributed by atoms with Gasteiger partial charge in [-0.25, -0.2) is 15.0 Å². The molecule has 56 heavy (non-hydrogen) atoms. The van der Waals surface area contributed by atoms with Crippen molar-refractivity contribution in [2.75, 3.05) is 0 Å². The molecule has 11 rings (SSSR count). The van der Waals surface area contributed by atoms with Crippen molar-refractivity contribution < 1.29 is 0 Å². The van der Waals surface area contributed by atoms with Crippen molar-refractivity contribution in [2.45, 2.75) is 0 Å². The molecule has 0 fully saturated rings. The summed E-state index contributed by atoms with van der Waals surface area (Å²) in [5, 5.41) is 4.98. The van der Waals surface area contributed by atoms with Crippen LogP contribution in [0.4, 0.5) is 0 Å². The Labute approximate surface area is 327 Å². The van der Waals surface area contributed by atoms with Gasteiger partial charge in [0.05, 0.1) is 16.7 Å². The first-order valence-corrected chi connectivity index (χ1v) is 19.6. The van der Waals surface area contributed by atoms with Gasteiger partial charge in [-0.15, -0.1) is 11.3 Å². The molecular weight excluding hydrogens is 701 g/mol. The topological polar surface area (TPSA) is 43.6 Å². The molecule has 0 bridgehead atoms. The summed E-state index contributed by atoms with van der Waals surface area (Å²) >= 11 is 1.86. The van der Waals surface area contributed by atoms with E-state index in [1.54, 1.807) is 0 Å². The maximum absolute atomic E-state index is 5.25. The molecule has 0 aliphatic carbocycles. The molecule has 0 atom stereocenters. The van der Waals surface area contributed by atoms with Crippen LogP contribution in [-0.4, -0.2) is 19.5 Å². The smallest absolute Gasteiger partial charge is 0.166 e. The zero-order valence-electron chi connectivity index (χ0n) is 30.2. The van der Waals surface area contributed by atoms with Gasteiger partial charge in [0.25, 0.3) is 0 Å². The van der Waals surface area contributed by atoms with Crippen LogP contribution in [0.1, 0.15) is 0 Å². The van der Waals surface area contributed by atoms with E-state index in [0.29, 0.717) is 17.5 Å². The Hall–Kier alpha value is -7.21. The Morgan fingerprint density at radius 1 is 0.339 bits per heavy atom. The Morgan fingerprint density at radius 3 is 1.71 bits per heavy atom. The van der Waals surface area contributed by atoms with Gasteiger partial charge < -0.3 is 4.57 Å². The van der Waals surface area contributed by atoms with E-state index in [1.807, 2.05) is 35.6 Å². The standard InChI is InChI=1S/C51H32N4S/c1-4-16-33(17-5-1)36-22-14-23-37(30-36)50-52-49(35-20-8-3-9-21-35)53-51(54-50)41-25-11-13-29-45(41)55-44-28-12-10-24-39(44)42-31-43-40-27-15-26-38(34-18-6-2-7-19-34)48(40)56-47(43)32-46(42)55/h1-32H. The number of benzene rings is 8. The Bertz CT molecular complexity index is 3240. The van der Waals surface area contributed by atoms with Crippen molar-refractivity contribution in [1.29, 1.82) is 0 Å². The lowest BCUT2D eigenvalue weighted by Crippen LogP contribution is -2.03. The summed E-state index contributed by atoms with van der Waals surface area (Å²) < 4.78 is 4.95. The second-order valence-corrected chi connectivity index (χ2v) is 15.1. The maximum atomic E-state index is 5.25. The average Bonchev–Trinajstić information content (AvgIpc) is 3.81. The number of para-hydroxylation sites is 2. The third-order valence-electron chi connectivity index (χ3n) is 10.7. The van der Waals surface area contributed by atoms with Gasteiger partial charge in [0.1, 0.15) is 0 Å². The molecule has 8 aromatic carbocycles. The van der Waals surface area contributed by atoms with Crippen LogP contribution in [0.15, 0.2) is 194 Å². The summed E-state index contributed by atoms with van der Waals surface area (Å²) in [6.07, 6.45) is 0. The molecule has 5 heteroatoms. The van der Waals surface area contributed by atoms with Crippen molar-refractivity contribution >= 4 is 53.3 Å². The fourth-order valence-electron chi connectivity index (χ4n) is 8.03. The minimum absolute atomic E-state index is 0.621. The predicted octanol–water partition coefficient (Wildman–Crippen LogP) is 13.7. The van der Waals surface area contributed by atoms with Crippen LogP contribution in [-0.2, 0) is 0 Å². The summed E-state index contributed by atoms with van der Waals surface area (Å²) in [6, 6.07) is 68.4. The summed E-state index contributed by atoms with van der Waals surface area (Å²) in [7, 11) is 0. The van der Waals surface area contributed by atoms with E-state index < -0.39 is 0 Å². The zero-order valence-corrected chi connectivity index (χ0v) is 31.0. The van der Waals surface area contributed by atoms with Crippen LogP contribution < -0.4 is 0 Å². The highest BCUT2D eigenvalue weighted by Gasteiger charge is 2.21. The largest absolute Gasteiger partial charge is 0.308 e. The van der Waals surface area contributed by atoms with Crippen molar-refractivity contribution in [1.82, 2.24) is 19.5 Å². The van der Waals surface area contributed by atoms with E-state index >= 15 is 0 Å². The highest BCUT2D eigenvalue weighted by molar-refractivity contribution is 7.26. The lowest BCUT2D eigenvalue weighted by atomic mass is 10.0. The number of hydrogen-bond acceptors (Lipinski definition) is 4. The molecule has 0 aliphatic heterocycles. The van der Waals surface area contributed by atoms with Gasteiger partial charge in [0.2, 0.25) is 0 Å². The van der Waals surface area contributed by atoms with Gasteiger partial charge in [0.15, 0.2) is 17.5 Å². The van der Waals surface area contributed by atoms with E-state index in [4.69, 9.17) is 15.0 Å². The molecule has 0 amide bonds. The van der Waals surface area contributed by atoms with Crippen molar-refractivity contribution in [3.63, 3.8) is 0 Å². The molecule has 262 valence electrons. The van der Waals surface area contributed by atoms with Crippen LogP contribution in [0.5, 0.6) is 0 Å². The molecule has 0 unspecified atom stereocenters. The second-order valence-electron chi connectivity index (χ2n) is 14.0. The van der Waals surface area contributed by atoms with Crippen LogP contribution in [0.3, 0.4) is 0 Å². The lowest BCUT2D eigenvalue weighted by Gasteiger charge is -2.15. The Kier molecular flexibility index (Phi) is 7.64. The predicted molar refractivity (Wildman–Crippen MR) is 234 cm³/mol. The van der Waals surface area contributed by atoms with Crippen molar-refractivity contribution in [3.05, 3.63) is 194 Å². The average molecular weight is 733 g/mol. The molecule has 11 aromatic rings. The van der Waals surface area contributed by atoms with E-state index in [2.05, 4.69) is 174 Å². The van der Waals surface area contributed by atoms with Gasteiger partial charge in [-0.1, -0.05) is 158 Å². The zero-order chi connectivity index (χ0) is 37.0. The number of aromatic nitrogens is 4. The fourth-order valence-corrected chi connectivity index (χ4v) is 9.29. The van der Waals surface area contributed by atoms with Crippen LogP contribution in [0.25, 0.3) is 104 Å². The summed E-state index contributed by atoms with van der Waals surface area (Å²) in [5.74, 6) is 1.88. The molecule has 0 radical (unpaired) electrons. The quantitative estimate of drug-likeness (QED) is 0.171. The van der Waals surface area contributed by atoms with Gasteiger partial charge in [0, 0.05) is 47.6 Å². The van der Waals surface area contributed by atoms with Gasteiger partial charge in [-0.05, 0) is 58.7 Å². The van der Waals surface area contributed by atoms with Crippen molar-refractivity contribution in [3.8, 4) is 62.1 Å². The molecule has 0 spiro atoms. The number of rotatable bonds is 6. The number of hydrogen-bond donors (Lipinski definition) is 0. The molecular formula is C51H32N4S. The van der Waals surface area contributed by atoms with Crippen LogP contribution >= 0.6 is 11.3 Å².